The van der Waals surface area contributed by atoms with E-state index in [1.165, 1.54) is 32.1 Å². The van der Waals surface area contributed by atoms with E-state index in [0.29, 0.717) is 10.8 Å². The summed E-state index contributed by atoms with van der Waals surface area (Å²) in [5.74, 6) is 1.90. The van der Waals surface area contributed by atoms with Crippen molar-refractivity contribution in [3.63, 3.8) is 0 Å². The second-order valence-electron chi connectivity index (χ2n) is 6.99. The summed E-state index contributed by atoms with van der Waals surface area (Å²) >= 11 is 0. The molecule has 0 nitrogen and oxygen atoms in total. The van der Waals surface area contributed by atoms with Crippen LogP contribution in [0.5, 0.6) is 0 Å². The van der Waals surface area contributed by atoms with Gasteiger partial charge in [0.15, 0.2) is 0 Å². The Kier molecular flexibility index (Phi) is 1.58. The summed E-state index contributed by atoms with van der Waals surface area (Å²) in [4.78, 5) is 0. The van der Waals surface area contributed by atoms with Gasteiger partial charge in [-0.25, -0.2) is 0 Å². The highest BCUT2D eigenvalue weighted by Gasteiger charge is 2.49. The van der Waals surface area contributed by atoms with Crippen LogP contribution in [0.25, 0.3) is 0 Å². The summed E-state index contributed by atoms with van der Waals surface area (Å²) in [6.45, 7) is 7.40. The molecule has 0 aromatic heterocycles. The lowest BCUT2D eigenvalue weighted by molar-refractivity contribution is 0.0487. The molecular weight excluding hydrogens is 168 g/mol. The van der Waals surface area contributed by atoms with Gasteiger partial charge >= 0.3 is 0 Å². The monoisotopic (exact) mass is 190 g/mol. The van der Waals surface area contributed by atoms with Crippen molar-refractivity contribution >= 4 is 0 Å². The molecular formula is C14H22. The van der Waals surface area contributed by atoms with Gasteiger partial charge in [0.1, 0.15) is 0 Å². The van der Waals surface area contributed by atoms with Gasteiger partial charge in [-0.15, -0.1) is 0 Å². The van der Waals surface area contributed by atoms with Gasteiger partial charge < -0.3 is 0 Å². The van der Waals surface area contributed by atoms with Gasteiger partial charge in [0, 0.05) is 0 Å². The molecule has 3 rings (SSSR count). The molecule has 0 spiro atoms. The van der Waals surface area contributed by atoms with Crippen LogP contribution in [0, 0.1) is 22.7 Å². The van der Waals surface area contributed by atoms with Crippen molar-refractivity contribution in [2.75, 3.05) is 0 Å². The highest BCUT2D eigenvalue weighted by atomic mass is 14.5. The van der Waals surface area contributed by atoms with Gasteiger partial charge in [-0.3, -0.25) is 0 Å². The van der Waals surface area contributed by atoms with Crippen LogP contribution < -0.4 is 0 Å². The van der Waals surface area contributed by atoms with E-state index in [2.05, 4.69) is 26.8 Å². The predicted octanol–water partition coefficient (Wildman–Crippen LogP) is 4.17. The molecule has 2 fully saturated rings. The van der Waals surface area contributed by atoms with Crippen LogP contribution in [-0.4, -0.2) is 0 Å². The molecule has 14 heavy (non-hydrogen) atoms. The average Bonchev–Trinajstić information content (AvgIpc) is 2.33. The van der Waals surface area contributed by atoms with Crippen LogP contribution >= 0.6 is 0 Å². The molecule has 0 radical (unpaired) electrons. The summed E-state index contributed by atoms with van der Waals surface area (Å²) in [7, 11) is 0. The van der Waals surface area contributed by atoms with E-state index in [4.69, 9.17) is 0 Å². The first-order valence-corrected chi connectivity index (χ1v) is 6.19. The van der Waals surface area contributed by atoms with Crippen molar-refractivity contribution in [3.05, 3.63) is 11.6 Å². The standard InChI is InChI=1S/C14H22/c1-13(2)7-10-6-12-4-5-14(12,3)9-11(10)8-13/h6,11-12H,4-5,7-9H2,1-3H3/t11-,12+,14-/m0/s1. The van der Waals surface area contributed by atoms with E-state index in [1.54, 1.807) is 0 Å². The summed E-state index contributed by atoms with van der Waals surface area (Å²) in [5, 5.41) is 0. The maximum absolute atomic E-state index is 2.66. The molecule has 0 aliphatic heterocycles. The molecule has 0 heteroatoms. The molecule has 0 saturated heterocycles. The Morgan fingerprint density at radius 1 is 1.21 bits per heavy atom. The Labute approximate surface area is 87.8 Å². The third-order valence-electron chi connectivity index (χ3n) is 5.06. The Morgan fingerprint density at radius 3 is 2.64 bits per heavy atom. The normalized spacial score (nSPS) is 48.9. The Hall–Kier alpha value is -0.260. The van der Waals surface area contributed by atoms with E-state index >= 15 is 0 Å². The summed E-state index contributed by atoms with van der Waals surface area (Å²) in [6, 6.07) is 0. The molecule has 0 aromatic rings. The van der Waals surface area contributed by atoms with Gasteiger partial charge in [0.2, 0.25) is 0 Å². The summed E-state index contributed by atoms with van der Waals surface area (Å²) in [6.07, 6.45) is 9.93. The fraction of sp³-hybridized carbons (Fsp3) is 0.857. The molecule has 3 atom stereocenters. The first kappa shape index (κ1) is 9.00. The highest BCUT2D eigenvalue weighted by molar-refractivity contribution is 5.24. The molecule has 3 aliphatic rings. The number of fused-ring (bicyclic) bond motifs is 2. The minimum Gasteiger partial charge on any atom is -0.0814 e. The maximum Gasteiger partial charge on any atom is -0.0176 e. The van der Waals surface area contributed by atoms with E-state index in [9.17, 15) is 0 Å². The van der Waals surface area contributed by atoms with Crippen LogP contribution in [0.1, 0.15) is 52.9 Å². The van der Waals surface area contributed by atoms with Crippen molar-refractivity contribution in [3.8, 4) is 0 Å². The third-order valence-corrected chi connectivity index (χ3v) is 5.06. The van der Waals surface area contributed by atoms with Crippen molar-refractivity contribution < 1.29 is 0 Å². The smallest absolute Gasteiger partial charge is 0.0176 e. The number of hydrogen-bond acceptors (Lipinski definition) is 0. The second-order valence-corrected chi connectivity index (χ2v) is 6.99. The maximum atomic E-state index is 2.66. The predicted molar refractivity (Wildman–Crippen MR) is 60.0 cm³/mol. The van der Waals surface area contributed by atoms with Crippen LogP contribution in [0.15, 0.2) is 11.6 Å². The van der Waals surface area contributed by atoms with Crippen LogP contribution in [0.4, 0.5) is 0 Å². The minimum atomic E-state index is 0.594. The van der Waals surface area contributed by atoms with Gasteiger partial charge in [-0.1, -0.05) is 32.4 Å². The first-order valence-electron chi connectivity index (χ1n) is 6.19. The SMILES string of the molecule is CC1(C)CC2=C[C@H]3CC[C@@]3(C)C[C@@H]2C1. The molecule has 78 valence electrons. The lowest BCUT2D eigenvalue weighted by atomic mass is 9.54. The zero-order valence-corrected chi connectivity index (χ0v) is 9.77. The second kappa shape index (κ2) is 2.46. The zero-order chi connectivity index (χ0) is 9.97. The summed E-state index contributed by atoms with van der Waals surface area (Å²) < 4.78 is 0. The first-order chi connectivity index (χ1) is 6.49. The van der Waals surface area contributed by atoms with Crippen molar-refractivity contribution in [2.45, 2.75) is 52.9 Å². The summed E-state index contributed by atoms with van der Waals surface area (Å²) in [5.41, 5.74) is 3.11. The van der Waals surface area contributed by atoms with Crippen molar-refractivity contribution in [2.24, 2.45) is 22.7 Å². The highest BCUT2D eigenvalue weighted by Crippen LogP contribution is 2.60. The Morgan fingerprint density at radius 2 is 2.00 bits per heavy atom. The fourth-order valence-electron chi connectivity index (χ4n) is 4.13. The van der Waals surface area contributed by atoms with Gasteiger partial charge in [-0.2, -0.15) is 0 Å². The molecule has 0 bridgehead atoms. The Balaban J connectivity index is 1.90. The van der Waals surface area contributed by atoms with Gasteiger partial charge in [0.25, 0.3) is 0 Å². The van der Waals surface area contributed by atoms with Crippen molar-refractivity contribution in [1.29, 1.82) is 0 Å². The molecule has 2 saturated carbocycles. The van der Waals surface area contributed by atoms with Gasteiger partial charge in [-0.05, 0) is 54.8 Å². The molecule has 0 heterocycles. The van der Waals surface area contributed by atoms with Crippen LogP contribution in [0.2, 0.25) is 0 Å². The zero-order valence-electron chi connectivity index (χ0n) is 9.77. The number of allylic oxidation sites excluding steroid dienone is 2. The quantitative estimate of drug-likeness (QED) is 0.503. The lowest BCUT2D eigenvalue weighted by Crippen LogP contribution is -2.40. The van der Waals surface area contributed by atoms with Crippen molar-refractivity contribution in [1.82, 2.24) is 0 Å². The topological polar surface area (TPSA) is 0 Å². The molecule has 0 amide bonds. The Bertz CT molecular complexity index is 297. The number of rotatable bonds is 0. The van der Waals surface area contributed by atoms with Gasteiger partial charge in [0.05, 0.1) is 0 Å². The molecule has 3 aliphatic carbocycles. The largest absolute Gasteiger partial charge is 0.0814 e. The molecule has 0 aromatic carbocycles. The molecule has 0 unspecified atom stereocenters. The average molecular weight is 190 g/mol. The van der Waals surface area contributed by atoms with Crippen LogP contribution in [-0.2, 0) is 0 Å². The van der Waals surface area contributed by atoms with Crippen LogP contribution in [0.3, 0.4) is 0 Å². The van der Waals surface area contributed by atoms with E-state index in [-0.39, 0.29) is 0 Å². The third kappa shape index (κ3) is 1.12. The van der Waals surface area contributed by atoms with E-state index in [1.807, 2.05) is 5.57 Å². The van der Waals surface area contributed by atoms with E-state index < -0.39 is 0 Å². The lowest BCUT2D eigenvalue weighted by Gasteiger charge is -2.51. The number of hydrogen-bond donors (Lipinski definition) is 0. The fourth-order valence-corrected chi connectivity index (χ4v) is 4.13. The molecule has 0 N–H and O–H groups in total. The minimum absolute atomic E-state index is 0.594. The van der Waals surface area contributed by atoms with E-state index in [0.717, 1.165) is 11.8 Å².